The number of hydrogen-bond acceptors (Lipinski definition) is 3. The fraction of sp³-hybridized carbons (Fsp3) is 0.143. The van der Waals surface area contributed by atoms with Gasteiger partial charge in [0.1, 0.15) is 11.6 Å². The smallest absolute Gasteiger partial charge is 0.258 e. The fourth-order valence-corrected chi connectivity index (χ4v) is 1.98. The second-order valence-electron chi connectivity index (χ2n) is 4.07. The maximum Gasteiger partial charge on any atom is 0.258 e. The van der Waals surface area contributed by atoms with Gasteiger partial charge in [-0.3, -0.25) is 9.78 Å². The minimum Gasteiger partial charge on any atom is -0.482 e. The predicted octanol–water partition coefficient (Wildman–Crippen LogP) is 3.22. The van der Waals surface area contributed by atoms with Crippen LogP contribution in [-0.4, -0.2) is 17.5 Å². The number of aromatic nitrogens is 1. The summed E-state index contributed by atoms with van der Waals surface area (Å²) in [5, 5.41) is 3.29. The van der Waals surface area contributed by atoms with Crippen LogP contribution in [0.2, 0.25) is 10.0 Å². The van der Waals surface area contributed by atoms with E-state index in [4.69, 9.17) is 27.9 Å². The van der Waals surface area contributed by atoms with Crippen LogP contribution in [0.1, 0.15) is 5.69 Å². The van der Waals surface area contributed by atoms with E-state index >= 15 is 0 Å². The first-order valence-corrected chi connectivity index (χ1v) is 6.76. The first-order valence-electron chi connectivity index (χ1n) is 6.00. The summed E-state index contributed by atoms with van der Waals surface area (Å²) < 4.78 is 18.6. The Hall–Kier alpha value is -1.85. The summed E-state index contributed by atoms with van der Waals surface area (Å²) in [6, 6.07) is 7.44. The van der Waals surface area contributed by atoms with Crippen LogP contribution < -0.4 is 10.1 Å². The lowest BCUT2D eigenvalue weighted by Crippen LogP contribution is -2.29. The summed E-state index contributed by atoms with van der Waals surface area (Å²) in [6.07, 6.45) is 1.45. The Balaban J connectivity index is 1.84. The van der Waals surface area contributed by atoms with E-state index in [1.165, 1.54) is 24.4 Å². The van der Waals surface area contributed by atoms with E-state index in [1.807, 2.05) is 0 Å². The average molecular weight is 329 g/mol. The van der Waals surface area contributed by atoms with Crippen LogP contribution in [0.4, 0.5) is 4.39 Å². The molecule has 0 radical (unpaired) electrons. The van der Waals surface area contributed by atoms with Crippen molar-refractivity contribution in [2.45, 2.75) is 6.54 Å². The molecule has 0 aliphatic rings. The van der Waals surface area contributed by atoms with Crippen LogP contribution in [-0.2, 0) is 11.3 Å². The molecule has 110 valence electrons. The van der Waals surface area contributed by atoms with Crippen molar-refractivity contribution >= 4 is 29.1 Å². The van der Waals surface area contributed by atoms with Crippen molar-refractivity contribution in [3.63, 3.8) is 0 Å². The van der Waals surface area contributed by atoms with Gasteiger partial charge in [0.2, 0.25) is 0 Å². The second-order valence-corrected chi connectivity index (χ2v) is 4.92. The predicted molar refractivity (Wildman–Crippen MR) is 78.0 cm³/mol. The molecule has 1 heterocycles. The molecule has 21 heavy (non-hydrogen) atoms. The molecule has 2 rings (SSSR count). The van der Waals surface area contributed by atoms with E-state index < -0.39 is 11.7 Å². The average Bonchev–Trinajstić information content (AvgIpc) is 2.45. The monoisotopic (exact) mass is 328 g/mol. The number of hydrogen-bond donors (Lipinski definition) is 1. The van der Waals surface area contributed by atoms with Crippen LogP contribution in [0.5, 0.6) is 5.75 Å². The fourth-order valence-electron chi connectivity index (χ4n) is 1.52. The minimum atomic E-state index is -0.473. The highest BCUT2D eigenvalue weighted by Gasteiger charge is 2.08. The molecule has 0 aliphatic heterocycles. The largest absolute Gasteiger partial charge is 0.482 e. The maximum atomic E-state index is 13.3. The van der Waals surface area contributed by atoms with Crippen molar-refractivity contribution in [3.05, 3.63) is 58.1 Å². The van der Waals surface area contributed by atoms with Crippen LogP contribution >= 0.6 is 23.2 Å². The van der Waals surface area contributed by atoms with Crippen LogP contribution in [0.15, 0.2) is 36.5 Å². The van der Waals surface area contributed by atoms with Gasteiger partial charge in [-0.25, -0.2) is 4.39 Å². The lowest BCUT2D eigenvalue weighted by molar-refractivity contribution is -0.123. The quantitative estimate of drug-likeness (QED) is 0.916. The van der Waals surface area contributed by atoms with Crippen LogP contribution in [0.25, 0.3) is 0 Å². The summed E-state index contributed by atoms with van der Waals surface area (Å²) >= 11 is 11.7. The summed E-state index contributed by atoms with van der Waals surface area (Å²) in [7, 11) is 0. The van der Waals surface area contributed by atoms with Gasteiger partial charge >= 0.3 is 0 Å². The van der Waals surface area contributed by atoms with Crippen LogP contribution in [0.3, 0.4) is 0 Å². The number of nitrogens with zero attached hydrogens (tertiary/aromatic N) is 1. The van der Waals surface area contributed by atoms with E-state index in [0.29, 0.717) is 15.8 Å². The normalized spacial score (nSPS) is 10.2. The van der Waals surface area contributed by atoms with Gasteiger partial charge in [0.25, 0.3) is 5.91 Å². The second kappa shape index (κ2) is 7.24. The van der Waals surface area contributed by atoms with Crippen molar-refractivity contribution in [1.82, 2.24) is 10.3 Å². The number of nitrogens with one attached hydrogen (secondary N) is 1. The number of pyridine rings is 1. The topological polar surface area (TPSA) is 51.2 Å². The van der Waals surface area contributed by atoms with Gasteiger partial charge in [0.15, 0.2) is 6.61 Å². The number of amides is 1. The summed E-state index contributed by atoms with van der Waals surface area (Å²) in [6.45, 7) is -0.251. The molecule has 1 aromatic heterocycles. The molecule has 0 saturated carbocycles. The molecular weight excluding hydrogens is 318 g/mol. The minimum absolute atomic E-state index is 0.0107. The third-order valence-electron chi connectivity index (χ3n) is 2.54. The van der Waals surface area contributed by atoms with Crippen molar-refractivity contribution < 1.29 is 13.9 Å². The van der Waals surface area contributed by atoms with Crippen molar-refractivity contribution in [1.29, 1.82) is 0 Å². The Kier molecular flexibility index (Phi) is 5.36. The third-order valence-corrected chi connectivity index (χ3v) is 3.07. The zero-order valence-corrected chi connectivity index (χ0v) is 12.3. The highest BCUT2D eigenvalue weighted by Crippen LogP contribution is 2.27. The van der Waals surface area contributed by atoms with E-state index in [-0.39, 0.29) is 18.8 Å². The molecule has 4 nitrogen and oxygen atoms in total. The highest BCUT2D eigenvalue weighted by molar-refractivity contribution is 6.35. The summed E-state index contributed by atoms with van der Waals surface area (Å²) in [5.74, 6) is -0.536. The molecular formula is C14H11Cl2FN2O2. The summed E-state index contributed by atoms with van der Waals surface area (Å²) in [4.78, 5) is 15.4. The van der Waals surface area contributed by atoms with Gasteiger partial charge in [0, 0.05) is 11.2 Å². The number of ether oxygens (including phenoxy) is 1. The molecule has 0 saturated heterocycles. The third kappa shape index (κ3) is 4.58. The van der Waals surface area contributed by atoms with Gasteiger partial charge in [-0.15, -0.1) is 0 Å². The Labute approximate surface area is 130 Å². The zero-order valence-electron chi connectivity index (χ0n) is 10.8. The van der Waals surface area contributed by atoms with E-state index in [9.17, 15) is 9.18 Å². The van der Waals surface area contributed by atoms with Gasteiger partial charge in [-0.1, -0.05) is 23.2 Å². The summed E-state index contributed by atoms with van der Waals surface area (Å²) in [5.41, 5.74) is 0.162. The van der Waals surface area contributed by atoms with E-state index in [1.54, 1.807) is 12.1 Å². The lowest BCUT2D eigenvalue weighted by atomic mass is 10.3. The van der Waals surface area contributed by atoms with E-state index in [0.717, 1.165) is 0 Å². The number of carbonyl (C=O) groups excluding carboxylic acids is 1. The van der Waals surface area contributed by atoms with E-state index in [2.05, 4.69) is 10.3 Å². The Morgan fingerprint density at radius 1 is 1.33 bits per heavy atom. The molecule has 1 N–H and O–H groups in total. The SMILES string of the molecule is O=C(COc1ccc(Cl)cc1Cl)NCc1ncccc1F. The number of carbonyl (C=O) groups is 1. The molecule has 0 atom stereocenters. The van der Waals surface area contributed by atoms with Crippen molar-refractivity contribution in [2.24, 2.45) is 0 Å². The number of halogens is 3. The highest BCUT2D eigenvalue weighted by atomic mass is 35.5. The maximum absolute atomic E-state index is 13.3. The van der Waals surface area contributed by atoms with Gasteiger partial charge in [-0.2, -0.15) is 0 Å². The first-order chi connectivity index (χ1) is 10.1. The van der Waals surface area contributed by atoms with Gasteiger partial charge in [-0.05, 0) is 30.3 Å². The standard InChI is InChI=1S/C14H11Cl2FN2O2/c15-9-3-4-13(10(16)6-9)21-8-14(20)19-7-12-11(17)2-1-5-18-12/h1-6H,7-8H2,(H,19,20). The molecule has 0 fully saturated rings. The molecule has 1 aromatic carbocycles. The Morgan fingerprint density at radius 2 is 2.14 bits per heavy atom. The lowest BCUT2D eigenvalue weighted by Gasteiger charge is -2.09. The molecule has 0 unspecified atom stereocenters. The number of benzene rings is 1. The zero-order chi connectivity index (χ0) is 15.2. The molecule has 7 heteroatoms. The van der Waals surface area contributed by atoms with Gasteiger partial charge in [0.05, 0.1) is 17.3 Å². The van der Waals surface area contributed by atoms with Crippen molar-refractivity contribution in [2.75, 3.05) is 6.61 Å². The Bertz CT molecular complexity index is 653. The van der Waals surface area contributed by atoms with Gasteiger partial charge < -0.3 is 10.1 Å². The molecule has 0 bridgehead atoms. The first kappa shape index (κ1) is 15.5. The molecule has 0 spiro atoms. The van der Waals surface area contributed by atoms with Crippen LogP contribution in [0, 0.1) is 5.82 Å². The molecule has 1 amide bonds. The molecule has 2 aromatic rings. The van der Waals surface area contributed by atoms with Crippen molar-refractivity contribution in [3.8, 4) is 5.75 Å². The Morgan fingerprint density at radius 3 is 2.86 bits per heavy atom. The molecule has 0 aliphatic carbocycles. The number of rotatable bonds is 5.